The van der Waals surface area contributed by atoms with Crippen molar-refractivity contribution >= 4 is 10.9 Å². The molecule has 0 aliphatic carbocycles. The number of rotatable bonds is 3. The smallest absolute Gasteiger partial charge is 0.0705 e. The Kier molecular flexibility index (Phi) is 3.46. The van der Waals surface area contributed by atoms with E-state index in [0.29, 0.717) is 5.41 Å². The van der Waals surface area contributed by atoms with Gasteiger partial charge in [0, 0.05) is 11.1 Å². The fourth-order valence-corrected chi connectivity index (χ4v) is 2.05. The molecular formula is C16H21N. The van der Waals surface area contributed by atoms with Gasteiger partial charge in [-0.25, -0.2) is 0 Å². The first-order valence-electron chi connectivity index (χ1n) is 6.39. The molecule has 17 heavy (non-hydrogen) atoms. The molecule has 2 rings (SSSR count). The maximum atomic E-state index is 4.69. The van der Waals surface area contributed by atoms with Crippen molar-refractivity contribution in [2.24, 2.45) is 5.41 Å². The molecular weight excluding hydrogens is 206 g/mol. The third-order valence-electron chi connectivity index (χ3n) is 3.02. The normalized spacial score (nSPS) is 11.9. The second kappa shape index (κ2) is 4.87. The Labute approximate surface area is 104 Å². The van der Waals surface area contributed by atoms with Gasteiger partial charge in [-0.1, -0.05) is 45.0 Å². The van der Waals surface area contributed by atoms with Crippen LogP contribution in [0.3, 0.4) is 0 Å². The van der Waals surface area contributed by atoms with Gasteiger partial charge in [-0.2, -0.15) is 0 Å². The van der Waals surface area contributed by atoms with E-state index in [9.17, 15) is 0 Å². The summed E-state index contributed by atoms with van der Waals surface area (Å²) >= 11 is 0. The zero-order valence-electron chi connectivity index (χ0n) is 11.0. The van der Waals surface area contributed by atoms with E-state index in [2.05, 4.69) is 51.1 Å². The van der Waals surface area contributed by atoms with Gasteiger partial charge in [-0.3, -0.25) is 4.98 Å². The molecule has 0 N–H and O–H groups in total. The first-order chi connectivity index (χ1) is 8.04. The second-order valence-corrected chi connectivity index (χ2v) is 5.91. The topological polar surface area (TPSA) is 12.9 Å². The Morgan fingerprint density at radius 2 is 1.76 bits per heavy atom. The zero-order chi connectivity index (χ0) is 12.3. The van der Waals surface area contributed by atoms with Gasteiger partial charge in [0.15, 0.2) is 0 Å². The molecule has 1 heteroatoms. The fourth-order valence-electron chi connectivity index (χ4n) is 2.05. The summed E-state index contributed by atoms with van der Waals surface area (Å²) in [7, 11) is 0. The zero-order valence-corrected chi connectivity index (χ0v) is 11.0. The minimum absolute atomic E-state index is 0.427. The number of benzene rings is 1. The Balaban J connectivity index is 2.04. The van der Waals surface area contributed by atoms with Gasteiger partial charge in [0.1, 0.15) is 0 Å². The predicted molar refractivity (Wildman–Crippen MR) is 74.1 cm³/mol. The number of nitrogens with zero attached hydrogens (tertiary/aromatic N) is 1. The first-order valence-corrected chi connectivity index (χ1v) is 6.39. The van der Waals surface area contributed by atoms with Crippen LogP contribution >= 0.6 is 0 Å². The van der Waals surface area contributed by atoms with Crippen LogP contribution in [0.4, 0.5) is 0 Å². The molecule has 0 radical (unpaired) electrons. The maximum absolute atomic E-state index is 4.69. The Morgan fingerprint density at radius 3 is 2.53 bits per heavy atom. The molecule has 1 aromatic heterocycles. The summed E-state index contributed by atoms with van der Waals surface area (Å²) in [6, 6.07) is 12.6. The van der Waals surface area contributed by atoms with E-state index in [1.807, 2.05) is 6.07 Å². The summed E-state index contributed by atoms with van der Waals surface area (Å²) in [5, 5.41) is 1.23. The van der Waals surface area contributed by atoms with Crippen LogP contribution in [0.15, 0.2) is 36.4 Å². The van der Waals surface area contributed by atoms with Crippen molar-refractivity contribution < 1.29 is 0 Å². The van der Waals surface area contributed by atoms with Gasteiger partial charge >= 0.3 is 0 Å². The van der Waals surface area contributed by atoms with Crippen molar-refractivity contribution in [1.82, 2.24) is 4.98 Å². The van der Waals surface area contributed by atoms with Crippen LogP contribution < -0.4 is 0 Å². The molecule has 0 amide bonds. The van der Waals surface area contributed by atoms with Crippen molar-refractivity contribution in [2.75, 3.05) is 0 Å². The molecule has 0 spiro atoms. The van der Waals surface area contributed by atoms with Crippen LogP contribution in [0, 0.1) is 5.41 Å². The van der Waals surface area contributed by atoms with Gasteiger partial charge in [0.25, 0.3) is 0 Å². The molecule has 0 unspecified atom stereocenters. The number of pyridine rings is 1. The third kappa shape index (κ3) is 3.55. The van der Waals surface area contributed by atoms with Crippen LogP contribution in [0.25, 0.3) is 10.9 Å². The molecule has 0 atom stereocenters. The van der Waals surface area contributed by atoms with Gasteiger partial charge < -0.3 is 0 Å². The van der Waals surface area contributed by atoms with E-state index in [4.69, 9.17) is 4.98 Å². The van der Waals surface area contributed by atoms with E-state index in [-0.39, 0.29) is 0 Å². The highest BCUT2D eigenvalue weighted by atomic mass is 14.7. The fraction of sp³-hybridized carbons (Fsp3) is 0.438. The molecule has 90 valence electrons. The molecule has 1 aromatic carbocycles. The lowest BCUT2D eigenvalue weighted by molar-refractivity contribution is 0.365. The van der Waals surface area contributed by atoms with Crippen molar-refractivity contribution in [3.05, 3.63) is 42.1 Å². The molecule has 0 aliphatic heterocycles. The summed E-state index contributed by atoms with van der Waals surface area (Å²) in [4.78, 5) is 4.69. The monoisotopic (exact) mass is 227 g/mol. The van der Waals surface area contributed by atoms with Crippen LogP contribution in [-0.2, 0) is 6.42 Å². The van der Waals surface area contributed by atoms with Gasteiger partial charge in [0.2, 0.25) is 0 Å². The van der Waals surface area contributed by atoms with Crippen molar-refractivity contribution in [2.45, 2.75) is 40.0 Å². The quantitative estimate of drug-likeness (QED) is 0.746. The Morgan fingerprint density at radius 1 is 1.00 bits per heavy atom. The molecule has 1 nitrogen and oxygen atoms in total. The van der Waals surface area contributed by atoms with Gasteiger partial charge in [-0.05, 0) is 36.8 Å². The van der Waals surface area contributed by atoms with Crippen LogP contribution in [0.5, 0.6) is 0 Å². The molecule has 0 saturated heterocycles. The summed E-state index contributed by atoms with van der Waals surface area (Å²) in [5.74, 6) is 0. The lowest BCUT2D eigenvalue weighted by Gasteiger charge is -2.17. The van der Waals surface area contributed by atoms with Crippen molar-refractivity contribution in [1.29, 1.82) is 0 Å². The molecule has 0 aliphatic rings. The number of para-hydroxylation sites is 1. The Hall–Kier alpha value is -1.37. The second-order valence-electron chi connectivity index (χ2n) is 5.91. The number of aryl methyl sites for hydroxylation is 1. The highest BCUT2D eigenvalue weighted by molar-refractivity contribution is 5.78. The first kappa shape index (κ1) is 12.1. The lowest BCUT2D eigenvalue weighted by atomic mass is 9.89. The maximum Gasteiger partial charge on any atom is 0.0705 e. The van der Waals surface area contributed by atoms with E-state index in [1.54, 1.807) is 0 Å². The molecule has 0 fully saturated rings. The standard InChI is InChI=1S/C16H21N/c1-16(2,3)12-6-8-14-11-10-13-7-4-5-9-15(13)17-14/h4-5,7,9-11H,6,8,12H2,1-3H3. The lowest BCUT2D eigenvalue weighted by Crippen LogP contribution is -2.05. The number of fused-ring (bicyclic) bond motifs is 1. The minimum atomic E-state index is 0.427. The largest absolute Gasteiger partial charge is 0.253 e. The van der Waals surface area contributed by atoms with Crippen molar-refractivity contribution in [3.8, 4) is 0 Å². The summed E-state index contributed by atoms with van der Waals surface area (Å²) in [6.45, 7) is 6.88. The highest BCUT2D eigenvalue weighted by Gasteiger charge is 2.09. The van der Waals surface area contributed by atoms with Gasteiger partial charge in [0.05, 0.1) is 5.52 Å². The average molecular weight is 227 g/mol. The molecule has 2 aromatic rings. The SMILES string of the molecule is CC(C)(C)CCCc1ccc2ccccc2n1. The van der Waals surface area contributed by atoms with E-state index in [0.717, 1.165) is 11.9 Å². The Bertz CT molecular complexity index is 494. The number of hydrogen-bond acceptors (Lipinski definition) is 1. The number of aromatic nitrogens is 1. The van der Waals surface area contributed by atoms with Crippen LogP contribution in [0.1, 0.15) is 39.3 Å². The van der Waals surface area contributed by atoms with Crippen molar-refractivity contribution in [3.63, 3.8) is 0 Å². The molecule has 0 saturated carbocycles. The third-order valence-corrected chi connectivity index (χ3v) is 3.02. The van der Waals surface area contributed by atoms with Crippen LogP contribution in [-0.4, -0.2) is 4.98 Å². The summed E-state index contributed by atoms with van der Waals surface area (Å²) in [5.41, 5.74) is 2.75. The van der Waals surface area contributed by atoms with E-state index >= 15 is 0 Å². The summed E-state index contributed by atoms with van der Waals surface area (Å²) < 4.78 is 0. The van der Waals surface area contributed by atoms with E-state index in [1.165, 1.54) is 23.9 Å². The predicted octanol–water partition coefficient (Wildman–Crippen LogP) is 4.60. The van der Waals surface area contributed by atoms with Crippen LogP contribution in [0.2, 0.25) is 0 Å². The minimum Gasteiger partial charge on any atom is -0.253 e. The molecule has 1 heterocycles. The van der Waals surface area contributed by atoms with Gasteiger partial charge in [-0.15, -0.1) is 0 Å². The number of hydrogen-bond donors (Lipinski definition) is 0. The average Bonchev–Trinajstić information content (AvgIpc) is 2.27. The highest BCUT2D eigenvalue weighted by Crippen LogP contribution is 2.22. The molecule has 0 bridgehead atoms. The van der Waals surface area contributed by atoms with E-state index < -0.39 is 0 Å². The summed E-state index contributed by atoms with van der Waals surface area (Å²) in [6.07, 6.45) is 3.55.